The SMILES string of the molecule is Cc1cccc(-n2c(SCC(=O)Nc3ccc(CC#N)cc3)nc3sc(C)c(C)c3c2=O)c1C. The minimum Gasteiger partial charge on any atom is -0.325 e. The Kier molecular flexibility index (Phi) is 6.87. The second-order valence-corrected chi connectivity index (χ2v) is 10.2. The molecule has 0 aliphatic carbocycles. The Bertz CT molecular complexity index is 1490. The number of hydrogen-bond donors (Lipinski definition) is 1. The number of aryl methyl sites for hydroxylation is 3. The number of thioether (sulfide) groups is 1. The summed E-state index contributed by atoms with van der Waals surface area (Å²) in [5.41, 5.74) is 5.25. The minimum atomic E-state index is -0.196. The van der Waals surface area contributed by atoms with Crippen molar-refractivity contribution < 1.29 is 4.79 Å². The highest BCUT2D eigenvalue weighted by Gasteiger charge is 2.20. The summed E-state index contributed by atoms with van der Waals surface area (Å²) in [5, 5.41) is 12.8. The first-order valence-corrected chi connectivity index (χ1v) is 12.6. The highest BCUT2D eigenvalue weighted by molar-refractivity contribution is 7.99. The van der Waals surface area contributed by atoms with E-state index in [-0.39, 0.29) is 17.2 Å². The number of anilines is 1. The number of nitriles is 1. The lowest BCUT2D eigenvalue weighted by Crippen LogP contribution is -2.23. The summed E-state index contributed by atoms with van der Waals surface area (Å²) >= 11 is 2.74. The summed E-state index contributed by atoms with van der Waals surface area (Å²) in [6, 6.07) is 15.2. The average Bonchev–Trinajstić information content (AvgIpc) is 3.10. The van der Waals surface area contributed by atoms with Crippen molar-refractivity contribution in [2.45, 2.75) is 39.3 Å². The van der Waals surface area contributed by atoms with E-state index in [1.807, 2.05) is 58.0 Å². The van der Waals surface area contributed by atoms with Crippen LogP contribution in [-0.4, -0.2) is 21.2 Å². The molecule has 6 nitrogen and oxygen atoms in total. The van der Waals surface area contributed by atoms with Gasteiger partial charge in [0, 0.05) is 10.6 Å². The number of benzene rings is 2. The molecule has 1 N–H and O–H groups in total. The van der Waals surface area contributed by atoms with Crippen molar-refractivity contribution in [2.24, 2.45) is 0 Å². The third-order valence-electron chi connectivity index (χ3n) is 5.84. The average molecular weight is 489 g/mol. The van der Waals surface area contributed by atoms with Crippen molar-refractivity contribution in [3.63, 3.8) is 0 Å². The van der Waals surface area contributed by atoms with Gasteiger partial charge in [0.05, 0.1) is 29.3 Å². The van der Waals surface area contributed by atoms with Gasteiger partial charge in [0.2, 0.25) is 5.91 Å². The number of hydrogen-bond acceptors (Lipinski definition) is 6. The van der Waals surface area contributed by atoms with E-state index in [2.05, 4.69) is 11.4 Å². The molecule has 0 aliphatic rings. The van der Waals surface area contributed by atoms with E-state index < -0.39 is 0 Å². The van der Waals surface area contributed by atoms with Gasteiger partial charge in [0.1, 0.15) is 4.83 Å². The van der Waals surface area contributed by atoms with Crippen LogP contribution >= 0.6 is 23.1 Å². The van der Waals surface area contributed by atoms with Crippen LogP contribution in [0.15, 0.2) is 52.4 Å². The third kappa shape index (κ3) is 4.63. The summed E-state index contributed by atoms with van der Waals surface area (Å²) in [6.45, 7) is 7.94. The predicted molar refractivity (Wildman–Crippen MR) is 139 cm³/mol. The quantitative estimate of drug-likeness (QED) is 0.287. The topological polar surface area (TPSA) is 87.8 Å². The van der Waals surface area contributed by atoms with Crippen molar-refractivity contribution in [2.75, 3.05) is 11.1 Å². The summed E-state index contributed by atoms with van der Waals surface area (Å²) in [5.74, 6) is -0.0926. The Morgan fingerprint density at radius 2 is 1.85 bits per heavy atom. The molecule has 0 fully saturated rings. The third-order valence-corrected chi connectivity index (χ3v) is 7.88. The summed E-state index contributed by atoms with van der Waals surface area (Å²) in [6.07, 6.45) is 0.329. The van der Waals surface area contributed by atoms with Crippen LogP contribution < -0.4 is 10.9 Å². The summed E-state index contributed by atoms with van der Waals surface area (Å²) in [7, 11) is 0. The largest absolute Gasteiger partial charge is 0.325 e. The number of carbonyl (C=O) groups is 1. The fraction of sp³-hybridized carbons (Fsp3) is 0.231. The molecule has 4 rings (SSSR count). The zero-order chi connectivity index (χ0) is 24.4. The molecule has 0 radical (unpaired) electrons. The Morgan fingerprint density at radius 3 is 2.56 bits per heavy atom. The molecule has 4 aromatic rings. The molecular formula is C26H24N4O2S2. The first-order valence-electron chi connectivity index (χ1n) is 10.8. The van der Waals surface area contributed by atoms with Crippen LogP contribution in [0.2, 0.25) is 0 Å². The number of nitrogens with one attached hydrogen (secondary N) is 1. The van der Waals surface area contributed by atoms with E-state index in [0.717, 1.165) is 32.8 Å². The van der Waals surface area contributed by atoms with Crippen LogP contribution in [0, 0.1) is 39.0 Å². The molecule has 2 aromatic heterocycles. The zero-order valence-electron chi connectivity index (χ0n) is 19.4. The Hall–Kier alpha value is -3.41. The second kappa shape index (κ2) is 9.84. The van der Waals surface area contributed by atoms with E-state index in [9.17, 15) is 9.59 Å². The van der Waals surface area contributed by atoms with Crippen LogP contribution in [0.5, 0.6) is 0 Å². The number of amides is 1. The second-order valence-electron chi connectivity index (χ2n) is 8.09. The van der Waals surface area contributed by atoms with Crippen molar-refractivity contribution in [3.8, 4) is 11.8 Å². The van der Waals surface area contributed by atoms with Gasteiger partial charge in [0.25, 0.3) is 5.56 Å². The maximum Gasteiger partial charge on any atom is 0.267 e. The predicted octanol–water partition coefficient (Wildman–Crippen LogP) is 5.48. The molecule has 172 valence electrons. The molecule has 0 saturated carbocycles. The molecule has 2 heterocycles. The number of thiophene rings is 1. The molecule has 0 atom stereocenters. The summed E-state index contributed by atoms with van der Waals surface area (Å²) < 4.78 is 1.64. The molecule has 2 aromatic carbocycles. The van der Waals surface area contributed by atoms with Gasteiger partial charge in [0.15, 0.2) is 5.16 Å². The molecular weight excluding hydrogens is 464 g/mol. The molecule has 0 saturated heterocycles. The highest BCUT2D eigenvalue weighted by atomic mass is 32.2. The molecule has 0 aliphatic heterocycles. The van der Waals surface area contributed by atoms with E-state index in [0.29, 0.717) is 27.5 Å². The van der Waals surface area contributed by atoms with Crippen LogP contribution in [0.1, 0.15) is 27.1 Å². The minimum absolute atomic E-state index is 0.103. The zero-order valence-corrected chi connectivity index (χ0v) is 21.1. The van der Waals surface area contributed by atoms with Crippen molar-refractivity contribution >= 4 is 44.9 Å². The van der Waals surface area contributed by atoms with Crippen molar-refractivity contribution in [1.82, 2.24) is 9.55 Å². The Morgan fingerprint density at radius 1 is 1.12 bits per heavy atom. The van der Waals surface area contributed by atoms with Gasteiger partial charge >= 0.3 is 0 Å². The van der Waals surface area contributed by atoms with Gasteiger partial charge in [-0.2, -0.15) is 5.26 Å². The summed E-state index contributed by atoms with van der Waals surface area (Å²) in [4.78, 5) is 32.9. The lowest BCUT2D eigenvalue weighted by atomic mass is 10.1. The van der Waals surface area contributed by atoms with Crippen molar-refractivity contribution in [1.29, 1.82) is 5.26 Å². The number of rotatable bonds is 6. The number of fused-ring (bicyclic) bond motifs is 1. The fourth-order valence-electron chi connectivity index (χ4n) is 3.69. The first kappa shape index (κ1) is 23.7. The van der Waals surface area contributed by atoms with E-state index in [1.165, 1.54) is 23.1 Å². The number of nitrogens with zero attached hydrogens (tertiary/aromatic N) is 3. The Balaban J connectivity index is 1.67. The number of carbonyl (C=O) groups excluding carboxylic acids is 1. The van der Waals surface area contributed by atoms with E-state index in [4.69, 9.17) is 10.2 Å². The fourth-order valence-corrected chi connectivity index (χ4v) is 5.56. The van der Waals surface area contributed by atoms with Crippen molar-refractivity contribution in [3.05, 3.63) is 79.9 Å². The van der Waals surface area contributed by atoms with Gasteiger partial charge in [-0.25, -0.2) is 4.98 Å². The molecule has 0 spiro atoms. The maximum atomic E-state index is 13.7. The van der Waals surface area contributed by atoms with Crippen LogP contribution in [0.3, 0.4) is 0 Å². The normalized spacial score (nSPS) is 10.9. The molecule has 34 heavy (non-hydrogen) atoms. The molecule has 8 heteroatoms. The van der Waals surface area contributed by atoms with Gasteiger partial charge in [-0.15, -0.1) is 11.3 Å². The number of aromatic nitrogens is 2. The van der Waals surface area contributed by atoms with Crippen LogP contribution in [0.25, 0.3) is 15.9 Å². The van der Waals surface area contributed by atoms with E-state index >= 15 is 0 Å². The Labute approximate surface area is 206 Å². The molecule has 0 bridgehead atoms. The van der Waals surface area contributed by atoms with E-state index in [1.54, 1.807) is 16.7 Å². The lowest BCUT2D eigenvalue weighted by molar-refractivity contribution is -0.113. The van der Waals surface area contributed by atoms with Gasteiger partial charge < -0.3 is 5.32 Å². The van der Waals surface area contributed by atoms with Crippen LogP contribution in [0.4, 0.5) is 5.69 Å². The first-order chi connectivity index (χ1) is 16.3. The maximum absolute atomic E-state index is 13.7. The standard InChI is InChI=1S/C26H24N4O2S2/c1-15-6-5-7-21(16(15)2)30-25(32)23-17(3)18(4)34-24(23)29-26(30)33-14-22(31)28-20-10-8-19(9-11-20)12-13-27/h5-11H,12,14H2,1-4H3,(H,28,31). The molecule has 0 unspecified atom stereocenters. The van der Waals surface area contributed by atoms with Gasteiger partial charge in [-0.3, -0.25) is 14.2 Å². The van der Waals surface area contributed by atoms with Gasteiger partial charge in [-0.05, 0) is 68.1 Å². The molecule has 1 amide bonds. The van der Waals surface area contributed by atoms with Gasteiger partial charge in [-0.1, -0.05) is 36.0 Å². The van der Waals surface area contributed by atoms with Crippen LogP contribution in [-0.2, 0) is 11.2 Å². The smallest absolute Gasteiger partial charge is 0.267 e. The monoisotopic (exact) mass is 488 g/mol. The lowest BCUT2D eigenvalue weighted by Gasteiger charge is -2.15. The highest BCUT2D eigenvalue weighted by Crippen LogP contribution is 2.30.